The van der Waals surface area contributed by atoms with Crippen LogP contribution in [0.15, 0.2) is 78.9 Å². The Kier molecular flexibility index (Phi) is 9.43. The zero-order valence-corrected chi connectivity index (χ0v) is 22.8. The molecule has 1 aliphatic rings. The van der Waals surface area contributed by atoms with Crippen molar-refractivity contribution >= 4 is 23.4 Å². The third-order valence-electron chi connectivity index (χ3n) is 6.99. The monoisotopic (exact) mass is 534 g/mol. The Morgan fingerprint density at radius 3 is 2.53 bits per heavy atom. The van der Waals surface area contributed by atoms with Crippen molar-refractivity contribution in [2.24, 2.45) is 5.41 Å². The zero-order valence-electron chi connectivity index (χ0n) is 22.1. The second kappa shape index (κ2) is 12.9. The van der Waals surface area contributed by atoms with Crippen molar-refractivity contribution < 1.29 is 19.1 Å². The number of carbonyl (C=O) groups is 2. The summed E-state index contributed by atoms with van der Waals surface area (Å²) in [5.74, 6) is 0.637. The highest BCUT2D eigenvalue weighted by Crippen LogP contribution is 2.36. The van der Waals surface area contributed by atoms with Crippen LogP contribution in [0.3, 0.4) is 0 Å². The number of methoxy groups -OCH3 is 1. The topological polar surface area (TPSA) is 59.1 Å². The minimum Gasteiger partial charge on any atom is -0.493 e. The Morgan fingerprint density at radius 2 is 1.76 bits per heavy atom. The van der Waals surface area contributed by atoms with Gasteiger partial charge in [-0.3, -0.25) is 9.59 Å². The van der Waals surface area contributed by atoms with Gasteiger partial charge in [-0.15, -0.1) is 0 Å². The molecule has 1 aliphatic heterocycles. The van der Waals surface area contributed by atoms with Crippen LogP contribution in [0.25, 0.3) is 0 Å². The standard InChI is InChI=1S/C31H35ClN2O4/c1-33(20-24-9-4-3-5-10-24)29(35)19-31(23-38-28-14-7-13-27(32)18-28)15-8-16-34(22-31)30(36)26-12-6-11-25(17-26)21-37-2/h3-7,9-14,17-18H,8,15-16,19-23H2,1-2H3/t31-/m0/s1. The summed E-state index contributed by atoms with van der Waals surface area (Å²) < 4.78 is 11.4. The first kappa shape index (κ1) is 27.7. The third kappa shape index (κ3) is 7.36. The number of piperidine rings is 1. The third-order valence-corrected chi connectivity index (χ3v) is 7.22. The molecule has 0 unspecified atom stereocenters. The van der Waals surface area contributed by atoms with Crippen molar-refractivity contribution in [1.82, 2.24) is 9.80 Å². The molecule has 0 aliphatic carbocycles. The van der Waals surface area contributed by atoms with Crippen LogP contribution < -0.4 is 4.74 Å². The Labute approximate surface area is 230 Å². The van der Waals surface area contributed by atoms with Gasteiger partial charge in [0, 0.05) is 56.2 Å². The molecule has 200 valence electrons. The highest BCUT2D eigenvalue weighted by molar-refractivity contribution is 6.30. The molecule has 38 heavy (non-hydrogen) atoms. The molecular formula is C31H35ClN2O4. The first-order valence-electron chi connectivity index (χ1n) is 12.9. The molecule has 1 saturated heterocycles. The summed E-state index contributed by atoms with van der Waals surface area (Å²) in [6.07, 6.45) is 1.86. The fraction of sp³-hybridized carbons (Fsp3) is 0.355. The van der Waals surface area contributed by atoms with E-state index in [2.05, 4.69) is 0 Å². The number of hydrogen-bond donors (Lipinski definition) is 0. The maximum absolute atomic E-state index is 13.6. The predicted molar refractivity (Wildman–Crippen MR) is 149 cm³/mol. The number of hydrogen-bond acceptors (Lipinski definition) is 4. The van der Waals surface area contributed by atoms with Gasteiger partial charge in [-0.05, 0) is 54.3 Å². The molecule has 7 heteroatoms. The minimum absolute atomic E-state index is 0.0277. The van der Waals surface area contributed by atoms with E-state index in [1.165, 1.54) is 0 Å². The number of ether oxygens (including phenoxy) is 2. The van der Waals surface area contributed by atoms with Crippen LogP contribution in [0.2, 0.25) is 5.02 Å². The van der Waals surface area contributed by atoms with Crippen LogP contribution in [0.5, 0.6) is 5.75 Å². The highest BCUT2D eigenvalue weighted by atomic mass is 35.5. The Hall–Kier alpha value is -3.35. The molecule has 0 bridgehead atoms. The van der Waals surface area contributed by atoms with E-state index in [9.17, 15) is 9.59 Å². The largest absolute Gasteiger partial charge is 0.493 e. The quantitative estimate of drug-likeness (QED) is 0.328. The smallest absolute Gasteiger partial charge is 0.253 e. The molecule has 0 saturated carbocycles. The SMILES string of the molecule is COCc1cccc(C(=O)N2CCC[C@](COc3cccc(Cl)c3)(CC(=O)N(C)Cc3ccccc3)C2)c1. The lowest BCUT2D eigenvalue weighted by Gasteiger charge is -2.43. The van der Waals surface area contributed by atoms with E-state index in [1.54, 1.807) is 24.1 Å². The summed E-state index contributed by atoms with van der Waals surface area (Å²) in [5.41, 5.74) is 2.12. The first-order chi connectivity index (χ1) is 18.4. The fourth-order valence-electron chi connectivity index (χ4n) is 5.03. The maximum Gasteiger partial charge on any atom is 0.253 e. The number of amides is 2. The van der Waals surface area contributed by atoms with Crippen molar-refractivity contribution in [3.8, 4) is 5.75 Å². The maximum atomic E-state index is 13.6. The number of benzene rings is 3. The molecule has 1 atom stereocenters. The van der Waals surface area contributed by atoms with Crippen molar-refractivity contribution in [2.45, 2.75) is 32.4 Å². The second-order valence-corrected chi connectivity index (χ2v) is 10.6. The van der Waals surface area contributed by atoms with E-state index in [4.69, 9.17) is 21.1 Å². The van der Waals surface area contributed by atoms with E-state index in [-0.39, 0.29) is 18.2 Å². The number of carbonyl (C=O) groups excluding carboxylic acids is 2. The van der Waals surface area contributed by atoms with Crippen LogP contribution >= 0.6 is 11.6 Å². The molecule has 0 spiro atoms. The minimum atomic E-state index is -0.525. The molecular weight excluding hydrogens is 500 g/mol. The van der Waals surface area contributed by atoms with E-state index < -0.39 is 5.41 Å². The summed E-state index contributed by atoms with van der Waals surface area (Å²) in [6, 6.07) is 24.7. The van der Waals surface area contributed by atoms with Crippen molar-refractivity contribution in [1.29, 1.82) is 0 Å². The number of halogens is 1. The van der Waals surface area contributed by atoms with Gasteiger partial charge in [0.15, 0.2) is 0 Å². The second-order valence-electron chi connectivity index (χ2n) is 10.1. The van der Waals surface area contributed by atoms with Gasteiger partial charge in [-0.25, -0.2) is 0 Å². The van der Waals surface area contributed by atoms with Crippen LogP contribution in [-0.2, 0) is 22.7 Å². The average molecular weight is 535 g/mol. The lowest BCUT2D eigenvalue weighted by Crippen LogP contribution is -2.50. The van der Waals surface area contributed by atoms with Crippen molar-refractivity contribution in [3.05, 3.63) is 101 Å². The summed E-state index contributed by atoms with van der Waals surface area (Å²) >= 11 is 6.17. The molecule has 2 amide bonds. The van der Waals surface area contributed by atoms with Gasteiger partial charge in [-0.1, -0.05) is 60.1 Å². The molecule has 1 fully saturated rings. The lowest BCUT2D eigenvalue weighted by molar-refractivity contribution is -0.134. The van der Waals surface area contributed by atoms with Gasteiger partial charge in [-0.2, -0.15) is 0 Å². The van der Waals surface area contributed by atoms with Crippen molar-refractivity contribution in [3.63, 3.8) is 0 Å². The molecule has 1 heterocycles. The van der Waals surface area contributed by atoms with Crippen LogP contribution in [0.4, 0.5) is 0 Å². The van der Waals surface area contributed by atoms with E-state index in [1.807, 2.05) is 78.7 Å². The van der Waals surface area contributed by atoms with Crippen LogP contribution in [0, 0.1) is 5.41 Å². The number of rotatable bonds is 10. The molecule has 3 aromatic rings. The molecule has 4 rings (SSSR count). The molecule has 3 aromatic carbocycles. The number of nitrogens with zero attached hydrogens (tertiary/aromatic N) is 2. The molecule has 0 aromatic heterocycles. The molecule has 6 nitrogen and oxygen atoms in total. The first-order valence-corrected chi connectivity index (χ1v) is 13.3. The molecule has 0 radical (unpaired) electrons. The predicted octanol–water partition coefficient (Wildman–Crippen LogP) is 5.84. The highest BCUT2D eigenvalue weighted by Gasteiger charge is 2.40. The van der Waals surface area contributed by atoms with Crippen molar-refractivity contribution in [2.75, 3.05) is 33.9 Å². The average Bonchev–Trinajstić information content (AvgIpc) is 2.93. The number of likely N-dealkylation sites (tertiary alicyclic amines) is 1. The van der Waals surface area contributed by atoms with Gasteiger partial charge in [0.1, 0.15) is 5.75 Å². The van der Waals surface area contributed by atoms with Crippen LogP contribution in [-0.4, -0.2) is 55.5 Å². The van der Waals surface area contributed by atoms with E-state index >= 15 is 0 Å². The fourth-order valence-corrected chi connectivity index (χ4v) is 5.21. The Morgan fingerprint density at radius 1 is 1.00 bits per heavy atom. The van der Waals surface area contributed by atoms with Gasteiger partial charge in [0.25, 0.3) is 5.91 Å². The zero-order chi connectivity index (χ0) is 27.0. The summed E-state index contributed by atoms with van der Waals surface area (Å²) in [4.78, 5) is 30.7. The summed E-state index contributed by atoms with van der Waals surface area (Å²) in [7, 11) is 3.47. The van der Waals surface area contributed by atoms with E-state index in [0.29, 0.717) is 49.2 Å². The van der Waals surface area contributed by atoms with E-state index in [0.717, 1.165) is 24.0 Å². The summed E-state index contributed by atoms with van der Waals surface area (Å²) in [5, 5.41) is 0.589. The van der Waals surface area contributed by atoms with Crippen LogP contribution in [0.1, 0.15) is 40.7 Å². The van der Waals surface area contributed by atoms with Gasteiger partial charge >= 0.3 is 0 Å². The summed E-state index contributed by atoms with van der Waals surface area (Å²) in [6.45, 7) is 2.36. The van der Waals surface area contributed by atoms with Gasteiger partial charge in [0.05, 0.1) is 13.2 Å². The van der Waals surface area contributed by atoms with Gasteiger partial charge in [0.2, 0.25) is 5.91 Å². The molecule has 0 N–H and O–H groups in total. The Bertz CT molecular complexity index is 1240. The van der Waals surface area contributed by atoms with Gasteiger partial charge < -0.3 is 19.3 Å². The lowest BCUT2D eigenvalue weighted by atomic mass is 9.77. The Balaban J connectivity index is 1.53. The normalized spacial score (nSPS) is 17.2.